The van der Waals surface area contributed by atoms with Gasteiger partial charge < -0.3 is 0 Å². The maximum absolute atomic E-state index is 4.51. The molecule has 4 nitrogen and oxygen atoms in total. The topological polar surface area (TPSA) is 41.0 Å². The molecule has 1 N–H and O–H groups in total. The number of nitrogens with zero attached hydrogens (tertiary/aromatic N) is 3. The van der Waals surface area contributed by atoms with E-state index in [4.69, 9.17) is 0 Å². The minimum absolute atomic E-state index is 0.753. The molecule has 0 spiro atoms. The number of rotatable bonds is 5. The van der Waals surface area contributed by atoms with Crippen molar-refractivity contribution in [3.8, 4) is 0 Å². The van der Waals surface area contributed by atoms with E-state index < -0.39 is 0 Å². The molecule has 0 fully saturated rings. The zero-order valence-electron chi connectivity index (χ0n) is 14.6. The summed E-state index contributed by atoms with van der Waals surface area (Å²) in [4.78, 5) is 0. The largest absolute Gasteiger partial charge is 0.290 e. The molecule has 4 rings (SSSR count). The number of hydrogen-bond donors (Lipinski definition) is 1. The standard InChI is InChI=1S/C22H20N4/c1-26(18-12-6-3-7-13-18)25-22-20-15-9-8-14-19(20)21(23-24-22)16-17-10-4-2-5-11-17/h2-15H,16H2,1H3,(H,24,25). The SMILES string of the molecule is CN(Nc1nnc(Cc2ccccc2)c2ccccc12)c1ccccc1. The van der Waals surface area contributed by atoms with Crippen molar-refractivity contribution in [1.82, 2.24) is 10.2 Å². The number of hydrazine groups is 1. The average Bonchev–Trinajstić information content (AvgIpc) is 2.71. The third-order valence-corrected chi connectivity index (χ3v) is 4.40. The van der Waals surface area contributed by atoms with Crippen molar-refractivity contribution >= 4 is 22.3 Å². The third kappa shape index (κ3) is 3.35. The highest BCUT2D eigenvalue weighted by Crippen LogP contribution is 2.25. The van der Waals surface area contributed by atoms with E-state index in [-0.39, 0.29) is 0 Å². The van der Waals surface area contributed by atoms with Crippen molar-refractivity contribution in [3.05, 3.63) is 96.2 Å². The van der Waals surface area contributed by atoms with Gasteiger partial charge in [-0.05, 0) is 17.7 Å². The van der Waals surface area contributed by atoms with Crippen molar-refractivity contribution in [2.75, 3.05) is 17.5 Å². The zero-order valence-corrected chi connectivity index (χ0v) is 14.6. The molecule has 3 aromatic carbocycles. The Morgan fingerprint density at radius 2 is 1.35 bits per heavy atom. The second-order valence-corrected chi connectivity index (χ2v) is 6.21. The van der Waals surface area contributed by atoms with Gasteiger partial charge in [0.2, 0.25) is 0 Å². The lowest BCUT2D eigenvalue weighted by Gasteiger charge is -2.21. The Hall–Kier alpha value is -3.40. The lowest BCUT2D eigenvalue weighted by atomic mass is 10.0. The molecule has 0 aliphatic carbocycles. The molecule has 0 bridgehead atoms. The molecule has 0 saturated heterocycles. The fraction of sp³-hybridized carbons (Fsp3) is 0.0909. The molecule has 0 unspecified atom stereocenters. The predicted octanol–water partition coefficient (Wildman–Crippen LogP) is 4.68. The number of nitrogens with one attached hydrogen (secondary N) is 1. The van der Waals surface area contributed by atoms with Crippen LogP contribution in [0.3, 0.4) is 0 Å². The Balaban J connectivity index is 1.68. The Labute approximate surface area is 153 Å². The van der Waals surface area contributed by atoms with Gasteiger partial charge in [-0.15, -0.1) is 5.10 Å². The highest BCUT2D eigenvalue weighted by atomic mass is 15.5. The van der Waals surface area contributed by atoms with Crippen LogP contribution in [0.5, 0.6) is 0 Å². The first-order valence-corrected chi connectivity index (χ1v) is 8.65. The summed E-state index contributed by atoms with van der Waals surface area (Å²) in [6.07, 6.45) is 0.767. The van der Waals surface area contributed by atoms with Gasteiger partial charge in [0.15, 0.2) is 5.82 Å². The number of para-hydroxylation sites is 1. The van der Waals surface area contributed by atoms with Gasteiger partial charge in [0.1, 0.15) is 0 Å². The van der Waals surface area contributed by atoms with Gasteiger partial charge >= 0.3 is 0 Å². The Morgan fingerprint density at radius 3 is 2.08 bits per heavy atom. The molecule has 1 heterocycles. The number of benzene rings is 3. The summed E-state index contributed by atoms with van der Waals surface area (Å²) < 4.78 is 0. The first-order chi connectivity index (χ1) is 12.8. The molecule has 4 heteroatoms. The number of aromatic nitrogens is 2. The summed E-state index contributed by atoms with van der Waals surface area (Å²) in [7, 11) is 1.98. The van der Waals surface area contributed by atoms with Crippen LogP contribution in [0.1, 0.15) is 11.3 Å². The summed E-state index contributed by atoms with van der Waals surface area (Å²) in [6.45, 7) is 0. The van der Waals surface area contributed by atoms with E-state index in [0.717, 1.165) is 34.4 Å². The average molecular weight is 340 g/mol. The third-order valence-electron chi connectivity index (χ3n) is 4.40. The van der Waals surface area contributed by atoms with Crippen LogP contribution in [0.15, 0.2) is 84.9 Å². The van der Waals surface area contributed by atoms with E-state index in [2.05, 4.69) is 52.0 Å². The van der Waals surface area contributed by atoms with Gasteiger partial charge in [-0.3, -0.25) is 10.4 Å². The summed E-state index contributed by atoms with van der Waals surface area (Å²) in [5, 5.41) is 13.1. The van der Waals surface area contributed by atoms with Gasteiger partial charge in [-0.2, -0.15) is 5.10 Å². The molecule has 0 atom stereocenters. The fourth-order valence-electron chi connectivity index (χ4n) is 3.04. The van der Waals surface area contributed by atoms with Crippen LogP contribution in [0.25, 0.3) is 10.8 Å². The van der Waals surface area contributed by atoms with Crippen molar-refractivity contribution in [2.45, 2.75) is 6.42 Å². The summed E-state index contributed by atoms with van der Waals surface area (Å²) in [5.41, 5.74) is 6.63. The van der Waals surface area contributed by atoms with E-state index in [1.165, 1.54) is 5.56 Å². The van der Waals surface area contributed by atoms with Gasteiger partial charge in [-0.25, -0.2) is 0 Å². The van der Waals surface area contributed by atoms with Crippen LogP contribution in [0.2, 0.25) is 0 Å². The van der Waals surface area contributed by atoms with E-state index in [9.17, 15) is 0 Å². The van der Waals surface area contributed by atoms with E-state index in [1.807, 2.05) is 60.6 Å². The van der Waals surface area contributed by atoms with Gasteiger partial charge in [0.05, 0.1) is 11.4 Å². The molecule has 0 radical (unpaired) electrons. The number of hydrogen-bond acceptors (Lipinski definition) is 4. The molecule has 0 saturated carbocycles. The van der Waals surface area contributed by atoms with E-state index in [0.29, 0.717) is 0 Å². The van der Waals surface area contributed by atoms with Crippen molar-refractivity contribution in [2.24, 2.45) is 0 Å². The van der Waals surface area contributed by atoms with Crippen molar-refractivity contribution < 1.29 is 0 Å². The Bertz CT molecular complexity index is 1000. The zero-order chi connectivity index (χ0) is 17.8. The molecule has 128 valence electrons. The van der Waals surface area contributed by atoms with Crippen LogP contribution >= 0.6 is 0 Å². The molecule has 0 aliphatic heterocycles. The number of fused-ring (bicyclic) bond motifs is 1. The molecule has 4 aromatic rings. The van der Waals surface area contributed by atoms with Gasteiger partial charge in [-0.1, -0.05) is 72.8 Å². The maximum atomic E-state index is 4.51. The predicted molar refractivity (Wildman–Crippen MR) is 107 cm³/mol. The molecular weight excluding hydrogens is 320 g/mol. The Kier molecular flexibility index (Phi) is 4.48. The highest BCUT2D eigenvalue weighted by Gasteiger charge is 2.11. The summed E-state index contributed by atoms with van der Waals surface area (Å²) in [5.74, 6) is 0.753. The minimum atomic E-state index is 0.753. The van der Waals surface area contributed by atoms with Crippen LogP contribution in [-0.2, 0) is 6.42 Å². The molecule has 26 heavy (non-hydrogen) atoms. The van der Waals surface area contributed by atoms with Gasteiger partial charge in [0, 0.05) is 24.2 Å². The lowest BCUT2D eigenvalue weighted by Crippen LogP contribution is -2.25. The van der Waals surface area contributed by atoms with Crippen LogP contribution < -0.4 is 10.4 Å². The lowest BCUT2D eigenvalue weighted by molar-refractivity contribution is 0.943. The first-order valence-electron chi connectivity index (χ1n) is 8.65. The van der Waals surface area contributed by atoms with Crippen LogP contribution in [0.4, 0.5) is 11.5 Å². The molecular formula is C22H20N4. The van der Waals surface area contributed by atoms with Crippen molar-refractivity contribution in [3.63, 3.8) is 0 Å². The van der Waals surface area contributed by atoms with Crippen LogP contribution in [0, 0.1) is 0 Å². The second kappa shape index (κ2) is 7.23. The van der Waals surface area contributed by atoms with Crippen molar-refractivity contribution in [1.29, 1.82) is 0 Å². The molecule has 1 aromatic heterocycles. The summed E-state index contributed by atoms with van der Waals surface area (Å²) in [6, 6.07) is 28.8. The molecule has 0 aliphatic rings. The quantitative estimate of drug-likeness (QED) is 0.535. The normalized spacial score (nSPS) is 10.7. The summed E-state index contributed by atoms with van der Waals surface area (Å²) >= 11 is 0. The Morgan fingerprint density at radius 1 is 0.731 bits per heavy atom. The minimum Gasteiger partial charge on any atom is -0.290 e. The fourth-order valence-corrected chi connectivity index (χ4v) is 3.04. The monoisotopic (exact) mass is 340 g/mol. The smallest absolute Gasteiger partial charge is 0.175 e. The van der Waals surface area contributed by atoms with Gasteiger partial charge in [0.25, 0.3) is 0 Å². The second-order valence-electron chi connectivity index (χ2n) is 6.21. The first kappa shape index (κ1) is 16.1. The maximum Gasteiger partial charge on any atom is 0.175 e. The van der Waals surface area contributed by atoms with Crippen LogP contribution in [-0.4, -0.2) is 17.2 Å². The number of anilines is 2. The molecule has 0 amide bonds. The van der Waals surface area contributed by atoms with E-state index in [1.54, 1.807) is 0 Å². The van der Waals surface area contributed by atoms with E-state index >= 15 is 0 Å². The highest BCUT2D eigenvalue weighted by molar-refractivity contribution is 5.93.